The molecule has 2 N–H and O–H groups in total. The molecule has 1 fully saturated rings. The van der Waals surface area contributed by atoms with Crippen molar-refractivity contribution in [3.8, 4) is 0 Å². The fourth-order valence-electron chi connectivity index (χ4n) is 2.25. The van der Waals surface area contributed by atoms with Crippen LogP contribution in [-0.4, -0.2) is 28.5 Å². The first kappa shape index (κ1) is 13.0. The number of carboxylic acid groups (broad SMARTS) is 1. The van der Waals surface area contributed by atoms with Crippen LogP contribution in [0.3, 0.4) is 0 Å². The Morgan fingerprint density at radius 2 is 2.17 bits per heavy atom. The molecule has 1 heterocycles. The highest BCUT2D eigenvalue weighted by Gasteiger charge is 2.29. The Kier molecular flexibility index (Phi) is 3.65. The molecule has 1 aliphatic rings. The average Bonchev–Trinajstić information content (AvgIpc) is 2.95. The third-order valence-electron chi connectivity index (χ3n) is 3.40. The van der Waals surface area contributed by atoms with Gasteiger partial charge in [0.15, 0.2) is 10.7 Å². The van der Waals surface area contributed by atoms with Gasteiger partial charge < -0.3 is 10.4 Å². The zero-order chi connectivity index (χ0) is 13.2. The topological polar surface area (TPSA) is 79.3 Å². The van der Waals surface area contributed by atoms with Crippen LogP contribution in [0.4, 0.5) is 0 Å². The van der Waals surface area contributed by atoms with E-state index < -0.39 is 5.97 Å². The molecule has 0 aliphatic heterocycles. The molecule has 1 saturated carbocycles. The van der Waals surface area contributed by atoms with Crippen molar-refractivity contribution in [3.05, 3.63) is 16.1 Å². The molecule has 0 radical (unpaired) electrons. The Labute approximate surface area is 109 Å². The Hall–Kier alpha value is -1.43. The zero-order valence-electron chi connectivity index (χ0n) is 10.2. The van der Waals surface area contributed by atoms with Crippen LogP contribution in [0, 0.1) is 5.41 Å². The van der Waals surface area contributed by atoms with Gasteiger partial charge in [-0.15, -0.1) is 11.3 Å². The van der Waals surface area contributed by atoms with Crippen LogP contribution < -0.4 is 5.32 Å². The molecule has 6 heteroatoms. The average molecular weight is 268 g/mol. The van der Waals surface area contributed by atoms with E-state index in [4.69, 9.17) is 5.11 Å². The fraction of sp³-hybridized carbons (Fsp3) is 0.583. The number of thiazole rings is 1. The van der Waals surface area contributed by atoms with Crippen molar-refractivity contribution in [2.24, 2.45) is 5.41 Å². The predicted octanol–water partition coefficient (Wildman–Crippen LogP) is 2.15. The number of carbonyl (C=O) groups excluding carboxylic acids is 1. The van der Waals surface area contributed by atoms with Crippen molar-refractivity contribution in [3.63, 3.8) is 0 Å². The second kappa shape index (κ2) is 5.06. The molecule has 1 aromatic heterocycles. The van der Waals surface area contributed by atoms with Gasteiger partial charge in [0.1, 0.15) is 0 Å². The maximum Gasteiger partial charge on any atom is 0.355 e. The molecule has 2 rings (SSSR count). The summed E-state index contributed by atoms with van der Waals surface area (Å²) >= 11 is 1.06. The van der Waals surface area contributed by atoms with Gasteiger partial charge in [-0.1, -0.05) is 19.8 Å². The van der Waals surface area contributed by atoms with Gasteiger partial charge in [0.05, 0.1) is 0 Å². The lowest BCUT2D eigenvalue weighted by Crippen LogP contribution is -2.34. The van der Waals surface area contributed by atoms with E-state index in [1.807, 2.05) is 0 Å². The number of amides is 1. The van der Waals surface area contributed by atoms with Crippen molar-refractivity contribution in [2.45, 2.75) is 32.6 Å². The van der Waals surface area contributed by atoms with E-state index in [0.717, 1.165) is 24.2 Å². The summed E-state index contributed by atoms with van der Waals surface area (Å²) in [5.74, 6) is -1.38. The molecule has 18 heavy (non-hydrogen) atoms. The fourth-order valence-corrected chi connectivity index (χ4v) is 2.96. The number of hydrogen-bond acceptors (Lipinski definition) is 4. The first-order valence-electron chi connectivity index (χ1n) is 5.97. The van der Waals surface area contributed by atoms with Crippen molar-refractivity contribution < 1.29 is 14.7 Å². The van der Waals surface area contributed by atoms with Gasteiger partial charge >= 0.3 is 5.97 Å². The van der Waals surface area contributed by atoms with Crippen molar-refractivity contribution in [2.75, 3.05) is 6.54 Å². The number of aromatic carboxylic acids is 1. The standard InChI is InChI=1S/C12H16N2O3S/c1-12(4-2-3-5-12)7-13-9(15)10-14-8(6-18-10)11(16)17/h6H,2-5,7H2,1H3,(H,13,15)(H,16,17). The van der Waals surface area contributed by atoms with Gasteiger partial charge in [-0.2, -0.15) is 0 Å². The highest BCUT2D eigenvalue weighted by atomic mass is 32.1. The number of rotatable bonds is 4. The molecule has 0 bridgehead atoms. The quantitative estimate of drug-likeness (QED) is 0.877. The van der Waals surface area contributed by atoms with Crippen LogP contribution in [-0.2, 0) is 0 Å². The van der Waals surface area contributed by atoms with E-state index in [0.29, 0.717) is 6.54 Å². The Morgan fingerprint density at radius 3 is 2.72 bits per heavy atom. The van der Waals surface area contributed by atoms with Crippen LogP contribution in [0.1, 0.15) is 52.9 Å². The van der Waals surface area contributed by atoms with Crippen LogP contribution in [0.2, 0.25) is 0 Å². The predicted molar refractivity (Wildman–Crippen MR) is 68.0 cm³/mol. The molecular weight excluding hydrogens is 252 g/mol. The van der Waals surface area contributed by atoms with Crippen molar-refractivity contribution in [1.82, 2.24) is 10.3 Å². The van der Waals surface area contributed by atoms with Crippen molar-refractivity contribution >= 4 is 23.2 Å². The molecule has 1 aliphatic carbocycles. The highest BCUT2D eigenvalue weighted by molar-refractivity contribution is 7.11. The summed E-state index contributed by atoms with van der Waals surface area (Å²) in [6.45, 7) is 2.80. The molecule has 1 amide bonds. The monoisotopic (exact) mass is 268 g/mol. The normalized spacial score (nSPS) is 17.6. The third-order valence-corrected chi connectivity index (χ3v) is 4.24. The maximum atomic E-state index is 11.8. The molecule has 5 nitrogen and oxygen atoms in total. The van der Waals surface area contributed by atoms with Gasteiger partial charge in [0.25, 0.3) is 5.91 Å². The lowest BCUT2D eigenvalue weighted by molar-refractivity contribution is 0.0691. The first-order chi connectivity index (χ1) is 8.50. The van der Waals surface area contributed by atoms with E-state index in [-0.39, 0.29) is 22.0 Å². The molecule has 0 spiro atoms. The minimum Gasteiger partial charge on any atom is -0.476 e. The number of aromatic nitrogens is 1. The summed E-state index contributed by atoms with van der Waals surface area (Å²) < 4.78 is 0. The van der Waals surface area contributed by atoms with Gasteiger partial charge in [0, 0.05) is 11.9 Å². The number of carbonyl (C=O) groups is 2. The Bertz CT molecular complexity index is 464. The molecular formula is C12H16N2O3S. The maximum absolute atomic E-state index is 11.8. The van der Waals surface area contributed by atoms with E-state index in [9.17, 15) is 9.59 Å². The lowest BCUT2D eigenvalue weighted by atomic mass is 9.89. The van der Waals surface area contributed by atoms with E-state index in [1.165, 1.54) is 18.2 Å². The minimum absolute atomic E-state index is 0.0720. The Morgan fingerprint density at radius 1 is 1.50 bits per heavy atom. The van der Waals surface area contributed by atoms with Crippen LogP contribution >= 0.6 is 11.3 Å². The summed E-state index contributed by atoms with van der Waals surface area (Å²) in [5, 5.41) is 13.2. The number of hydrogen-bond donors (Lipinski definition) is 2. The molecule has 0 saturated heterocycles. The molecule has 0 atom stereocenters. The van der Waals surface area contributed by atoms with Crippen molar-refractivity contribution in [1.29, 1.82) is 0 Å². The van der Waals surface area contributed by atoms with E-state index in [1.54, 1.807) is 0 Å². The van der Waals surface area contributed by atoms with Gasteiger partial charge in [-0.25, -0.2) is 9.78 Å². The number of carboxylic acids is 1. The SMILES string of the molecule is CC1(CNC(=O)c2nc(C(=O)O)cs2)CCCC1. The van der Waals surface area contributed by atoms with Crippen LogP contribution in [0.25, 0.3) is 0 Å². The van der Waals surface area contributed by atoms with Gasteiger partial charge in [0.2, 0.25) is 0 Å². The summed E-state index contributed by atoms with van der Waals surface area (Å²) in [5.41, 5.74) is 0.111. The molecule has 1 aromatic rings. The van der Waals surface area contributed by atoms with Gasteiger partial charge in [-0.05, 0) is 18.3 Å². The smallest absolute Gasteiger partial charge is 0.355 e. The van der Waals surface area contributed by atoms with Crippen LogP contribution in [0.15, 0.2) is 5.38 Å². The summed E-state index contributed by atoms with van der Waals surface area (Å²) in [6.07, 6.45) is 4.69. The highest BCUT2D eigenvalue weighted by Crippen LogP contribution is 2.36. The largest absolute Gasteiger partial charge is 0.476 e. The molecule has 0 aromatic carbocycles. The van der Waals surface area contributed by atoms with Crippen LogP contribution in [0.5, 0.6) is 0 Å². The number of nitrogens with one attached hydrogen (secondary N) is 1. The summed E-state index contributed by atoms with van der Waals surface area (Å²) in [4.78, 5) is 26.3. The second-order valence-corrected chi connectivity index (χ2v) is 5.90. The zero-order valence-corrected chi connectivity index (χ0v) is 11.0. The summed E-state index contributed by atoms with van der Waals surface area (Å²) in [6, 6.07) is 0. The third kappa shape index (κ3) is 2.87. The molecule has 0 unspecified atom stereocenters. The lowest BCUT2D eigenvalue weighted by Gasteiger charge is -2.23. The van der Waals surface area contributed by atoms with Gasteiger partial charge in [-0.3, -0.25) is 4.79 Å². The molecule has 98 valence electrons. The first-order valence-corrected chi connectivity index (χ1v) is 6.85. The summed E-state index contributed by atoms with van der Waals surface area (Å²) in [7, 11) is 0. The van der Waals surface area contributed by atoms with E-state index >= 15 is 0 Å². The van der Waals surface area contributed by atoms with E-state index in [2.05, 4.69) is 17.2 Å². The second-order valence-electron chi connectivity index (χ2n) is 5.04. The Balaban J connectivity index is 1.93. The number of nitrogens with zero attached hydrogens (tertiary/aromatic N) is 1. The minimum atomic E-state index is -1.10.